The predicted molar refractivity (Wildman–Crippen MR) is 131 cm³/mol. The fourth-order valence-corrected chi connectivity index (χ4v) is 4.79. The van der Waals surface area contributed by atoms with Crippen LogP contribution in [-0.4, -0.2) is 47.3 Å². The van der Waals surface area contributed by atoms with Crippen LogP contribution < -0.4 is 15.0 Å². The van der Waals surface area contributed by atoms with Gasteiger partial charge in [0.2, 0.25) is 0 Å². The highest BCUT2D eigenvalue weighted by Gasteiger charge is 2.17. The van der Waals surface area contributed by atoms with Gasteiger partial charge in [0, 0.05) is 17.5 Å². The SMILES string of the molecule is CCN(Cc1nc2scc(-c3ccc(OC)c(OC)c3)c2c(=O)[nH]1)CC(O)c1ccccc1. The first kappa shape index (κ1) is 23.0. The van der Waals surface area contributed by atoms with Crippen molar-refractivity contribution in [2.75, 3.05) is 27.3 Å². The molecule has 2 aromatic carbocycles. The van der Waals surface area contributed by atoms with E-state index in [1.54, 1.807) is 14.2 Å². The van der Waals surface area contributed by atoms with Crippen molar-refractivity contribution in [1.29, 1.82) is 0 Å². The maximum absolute atomic E-state index is 13.0. The highest BCUT2D eigenvalue weighted by atomic mass is 32.1. The van der Waals surface area contributed by atoms with E-state index in [-0.39, 0.29) is 5.56 Å². The molecule has 7 nitrogen and oxygen atoms in total. The van der Waals surface area contributed by atoms with Crippen LogP contribution in [0.2, 0.25) is 0 Å². The number of nitrogens with zero attached hydrogens (tertiary/aromatic N) is 2. The van der Waals surface area contributed by atoms with E-state index in [9.17, 15) is 9.90 Å². The molecule has 0 radical (unpaired) electrons. The molecule has 4 aromatic rings. The Hall–Kier alpha value is -3.20. The first-order valence-electron chi connectivity index (χ1n) is 10.7. The summed E-state index contributed by atoms with van der Waals surface area (Å²) in [5.74, 6) is 1.81. The molecule has 1 atom stereocenters. The van der Waals surface area contributed by atoms with E-state index in [0.717, 1.165) is 16.7 Å². The molecule has 0 fully saturated rings. The van der Waals surface area contributed by atoms with Gasteiger partial charge < -0.3 is 19.6 Å². The molecular weight excluding hydrogens is 438 g/mol. The summed E-state index contributed by atoms with van der Waals surface area (Å²) in [5, 5.41) is 13.1. The number of ether oxygens (including phenoxy) is 2. The van der Waals surface area contributed by atoms with Crippen molar-refractivity contribution in [2.45, 2.75) is 19.6 Å². The average molecular weight is 466 g/mol. The Kier molecular flexibility index (Phi) is 7.08. The normalized spacial score (nSPS) is 12.3. The van der Waals surface area contributed by atoms with Gasteiger partial charge in [-0.05, 0) is 29.8 Å². The van der Waals surface area contributed by atoms with Gasteiger partial charge in [-0.3, -0.25) is 9.69 Å². The lowest BCUT2D eigenvalue weighted by atomic mass is 10.1. The molecule has 0 aliphatic heterocycles. The number of aromatic nitrogens is 2. The molecule has 2 aromatic heterocycles. The minimum absolute atomic E-state index is 0.180. The summed E-state index contributed by atoms with van der Waals surface area (Å²) in [5.41, 5.74) is 2.36. The topological polar surface area (TPSA) is 87.7 Å². The fourth-order valence-electron chi connectivity index (χ4n) is 3.83. The molecule has 33 heavy (non-hydrogen) atoms. The van der Waals surface area contributed by atoms with E-state index in [1.807, 2.05) is 60.8 Å². The minimum atomic E-state index is -0.611. The van der Waals surface area contributed by atoms with E-state index in [0.29, 0.717) is 47.2 Å². The number of aromatic amines is 1. The number of thiophene rings is 1. The number of hydrogen-bond acceptors (Lipinski definition) is 7. The number of fused-ring (bicyclic) bond motifs is 1. The zero-order valence-corrected chi connectivity index (χ0v) is 19.7. The van der Waals surface area contributed by atoms with Crippen molar-refractivity contribution in [1.82, 2.24) is 14.9 Å². The van der Waals surface area contributed by atoms with Crippen LogP contribution in [0.1, 0.15) is 24.4 Å². The molecule has 0 aliphatic rings. The fraction of sp³-hybridized carbons (Fsp3) is 0.280. The van der Waals surface area contributed by atoms with E-state index in [1.165, 1.54) is 11.3 Å². The van der Waals surface area contributed by atoms with Gasteiger partial charge in [0.1, 0.15) is 10.7 Å². The van der Waals surface area contributed by atoms with Crippen molar-refractivity contribution in [3.05, 3.63) is 75.7 Å². The van der Waals surface area contributed by atoms with Crippen LogP contribution in [-0.2, 0) is 6.54 Å². The van der Waals surface area contributed by atoms with E-state index < -0.39 is 6.10 Å². The Morgan fingerprint density at radius 3 is 2.58 bits per heavy atom. The Bertz CT molecular complexity index is 1290. The van der Waals surface area contributed by atoms with Gasteiger partial charge in [0.25, 0.3) is 5.56 Å². The monoisotopic (exact) mass is 465 g/mol. The van der Waals surface area contributed by atoms with Gasteiger partial charge in [0.15, 0.2) is 11.5 Å². The lowest BCUT2D eigenvalue weighted by molar-refractivity contribution is 0.111. The first-order valence-corrected chi connectivity index (χ1v) is 11.6. The summed E-state index contributed by atoms with van der Waals surface area (Å²) in [4.78, 5) is 23.4. The van der Waals surface area contributed by atoms with Crippen LogP contribution >= 0.6 is 11.3 Å². The lowest BCUT2D eigenvalue weighted by Gasteiger charge is -2.23. The van der Waals surface area contributed by atoms with Gasteiger partial charge in [-0.25, -0.2) is 4.98 Å². The number of likely N-dealkylation sites (N-methyl/N-ethyl adjacent to an activating group) is 1. The quantitative estimate of drug-likeness (QED) is 0.385. The molecule has 0 saturated carbocycles. The summed E-state index contributed by atoms with van der Waals surface area (Å²) in [6.45, 7) is 3.63. The number of benzene rings is 2. The van der Waals surface area contributed by atoms with Crippen molar-refractivity contribution in [2.24, 2.45) is 0 Å². The largest absolute Gasteiger partial charge is 0.493 e. The second-order valence-corrected chi connectivity index (χ2v) is 8.52. The maximum atomic E-state index is 13.0. The summed E-state index contributed by atoms with van der Waals surface area (Å²) in [7, 11) is 3.17. The third-order valence-corrected chi connectivity index (χ3v) is 6.50. The molecule has 0 aliphatic carbocycles. The van der Waals surface area contributed by atoms with Gasteiger partial charge in [-0.1, -0.05) is 43.3 Å². The molecule has 1 unspecified atom stereocenters. The van der Waals surface area contributed by atoms with Crippen LogP contribution in [0, 0.1) is 0 Å². The lowest BCUT2D eigenvalue weighted by Crippen LogP contribution is -2.30. The molecule has 2 heterocycles. The van der Waals surface area contributed by atoms with Crippen LogP contribution in [0.25, 0.3) is 21.3 Å². The number of nitrogens with one attached hydrogen (secondary N) is 1. The highest BCUT2D eigenvalue weighted by Crippen LogP contribution is 2.36. The van der Waals surface area contributed by atoms with Crippen LogP contribution in [0.4, 0.5) is 0 Å². The highest BCUT2D eigenvalue weighted by molar-refractivity contribution is 7.17. The van der Waals surface area contributed by atoms with E-state index in [2.05, 4.69) is 9.88 Å². The summed E-state index contributed by atoms with van der Waals surface area (Å²) in [6.07, 6.45) is -0.611. The third-order valence-electron chi connectivity index (χ3n) is 5.62. The second kappa shape index (κ2) is 10.2. The minimum Gasteiger partial charge on any atom is -0.493 e. The number of H-pyrrole nitrogens is 1. The van der Waals surface area contributed by atoms with Crippen molar-refractivity contribution >= 4 is 21.6 Å². The van der Waals surface area contributed by atoms with Crippen molar-refractivity contribution < 1.29 is 14.6 Å². The Labute approximate surface area is 196 Å². The summed E-state index contributed by atoms with van der Waals surface area (Å²) in [6, 6.07) is 15.2. The third kappa shape index (κ3) is 4.93. The molecular formula is C25H27N3O4S. The molecule has 8 heteroatoms. The summed E-state index contributed by atoms with van der Waals surface area (Å²) < 4.78 is 10.7. The standard InChI is InChI=1S/C25H27N3O4S/c1-4-28(13-19(29)16-8-6-5-7-9-16)14-22-26-24(30)23-18(15-33-25(23)27-22)17-10-11-20(31-2)21(12-17)32-3/h5-12,15,19,29H,4,13-14H2,1-3H3,(H,26,27,30). The van der Waals surface area contributed by atoms with Gasteiger partial charge in [0.05, 0.1) is 32.3 Å². The molecule has 0 bridgehead atoms. The van der Waals surface area contributed by atoms with E-state index >= 15 is 0 Å². The Morgan fingerprint density at radius 1 is 1.12 bits per heavy atom. The van der Waals surface area contributed by atoms with Crippen molar-refractivity contribution in [3.63, 3.8) is 0 Å². The number of aliphatic hydroxyl groups is 1. The molecule has 2 N–H and O–H groups in total. The second-order valence-electron chi connectivity index (χ2n) is 7.67. The molecule has 0 amide bonds. The van der Waals surface area contributed by atoms with Crippen molar-refractivity contribution in [3.8, 4) is 22.6 Å². The van der Waals surface area contributed by atoms with Crippen LogP contribution in [0.5, 0.6) is 11.5 Å². The number of hydrogen-bond donors (Lipinski definition) is 2. The zero-order valence-electron chi connectivity index (χ0n) is 18.9. The Balaban J connectivity index is 1.59. The molecule has 0 spiro atoms. The summed E-state index contributed by atoms with van der Waals surface area (Å²) >= 11 is 1.43. The molecule has 0 saturated heterocycles. The maximum Gasteiger partial charge on any atom is 0.260 e. The zero-order chi connectivity index (χ0) is 23.4. The van der Waals surface area contributed by atoms with Crippen LogP contribution in [0.15, 0.2) is 58.7 Å². The van der Waals surface area contributed by atoms with E-state index in [4.69, 9.17) is 14.5 Å². The number of methoxy groups -OCH3 is 2. The van der Waals surface area contributed by atoms with Gasteiger partial charge in [-0.15, -0.1) is 11.3 Å². The smallest absolute Gasteiger partial charge is 0.260 e. The number of aliphatic hydroxyl groups excluding tert-OH is 1. The first-order chi connectivity index (χ1) is 16.0. The Morgan fingerprint density at radius 2 is 1.88 bits per heavy atom. The average Bonchev–Trinajstić information content (AvgIpc) is 3.28. The van der Waals surface area contributed by atoms with Gasteiger partial charge >= 0.3 is 0 Å². The molecule has 4 rings (SSSR count). The van der Waals surface area contributed by atoms with Gasteiger partial charge in [-0.2, -0.15) is 0 Å². The van der Waals surface area contributed by atoms with Crippen LogP contribution in [0.3, 0.4) is 0 Å². The number of rotatable bonds is 9. The predicted octanol–water partition coefficient (Wildman–Crippen LogP) is 4.22. The molecule has 172 valence electrons.